The fraction of sp³-hybridized carbons (Fsp3) is 0.647. The Morgan fingerprint density at radius 1 is 1.35 bits per heavy atom. The number of amides is 1. The van der Waals surface area contributed by atoms with Crippen molar-refractivity contribution in [2.24, 2.45) is 0 Å². The molecular formula is C17H24N4O2. The van der Waals surface area contributed by atoms with E-state index in [1.54, 1.807) is 13.8 Å². The number of hydrogen-bond acceptors (Lipinski definition) is 4. The summed E-state index contributed by atoms with van der Waals surface area (Å²) in [6, 6.07) is 2.19. The zero-order chi connectivity index (χ0) is 17.0. The Morgan fingerprint density at radius 2 is 2.00 bits per heavy atom. The van der Waals surface area contributed by atoms with Gasteiger partial charge in [-0.3, -0.25) is 9.59 Å². The second-order valence-electron chi connectivity index (χ2n) is 6.13. The second-order valence-corrected chi connectivity index (χ2v) is 6.13. The topological polar surface area (TPSA) is 79.0 Å². The zero-order valence-electron chi connectivity index (χ0n) is 14.1. The van der Waals surface area contributed by atoms with E-state index >= 15 is 0 Å². The van der Waals surface area contributed by atoms with Gasteiger partial charge in [-0.15, -0.1) is 0 Å². The van der Waals surface area contributed by atoms with E-state index in [1.807, 2.05) is 17.9 Å². The number of carbonyl (C=O) groups excluding carboxylic acids is 1. The van der Waals surface area contributed by atoms with Gasteiger partial charge in [0.25, 0.3) is 5.56 Å². The fourth-order valence-corrected chi connectivity index (χ4v) is 3.26. The van der Waals surface area contributed by atoms with Gasteiger partial charge in [-0.05, 0) is 39.2 Å². The van der Waals surface area contributed by atoms with Crippen LogP contribution in [0.1, 0.15) is 55.8 Å². The quantitative estimate of drug-likeness (QED) is 0.850. The summed E-state index contributed by atoms with van der Waals surface area (Å²) in [5.41, 5.74) is 0.783. The van der Waals surface area contributed by atoms with Crippen LogP contribution >= 0.6 is 0 Å². The molecule has 1 heterocycles. The number of aromatic nitrogens is 2. The Hall–Kier alpha value is -2.16. The van der Waals surface area contributed by atoms with Crippen molar-refractivity contribution < 1.29 is 4.79 Å². The minimum absolute atomic E-state index is 0.0750. The van der Waals surface area contributed by atoms with Crippen molar-refractivity contribution in [3.8, 4) is 6.07 Å². The summed E-state index contributed by atoms with van der Waals surface area (Å²) >= 11 is 0. The molecule has 6 heteroatoms. The lowest BCUT2D eigenvalue weighted by Crippen LogP contribution is -2.44. The number of nitrogens with zero attached hydrogens (tertiary/aromatic N) is 4. The van der Waals surface area contributed by atoms with Gasteiger partial charge in [0, 0.05) is 12.6 Å². The van der Waals surface area contributed by atoms with E-state index < -0.39 is 5.56 Å². The first kappa shape index (κ1) is 17.2. The molecule has 0 aliphatic heterocycles. The molecule has 1 aromatic rings. The molecule has 1 saturated carbocycles. The van der Waals surface area contributed by atoms with E-state index in [-0.39, 0.29) is 24.1 Å². The minimum atomic E-state index is -0.483. The number of nitriles is 1. The molecule has 0 saturated heterocycles. The maximum absolute atomic E-state index is 12.6. The van der Waals surface area contributed by atoms with Crippen LogP contribution in [-0.4, -0.2) is 33.2 Å². The highest BCUT2D eigenvalue weighted by molar-refractivity contribution is 5.76. The average Bonchev–Trinajstić information content (AvgIpc) is 2.55. The molecule has 1 fully saturated rings. The first-order valence-electron chi connectivity index (χ1n) is 8.27. The molecule has 2 rings (SSSR count). The van der Waals surface area contributed by atoms with E-state index in [0.29, 0.717) is 17.8 Å². The molecular weight excluding hydrogens is 292 g/mol. The summed E-state index contributed by atoms with van der Waals surface area (Å²) in [7, 11) is 0. The third kappa shape index (κ3) is 3.61. The van der Waals surface area contributed by atoms with Crippen LogP contribution in [0.2, 0.25) is 0 Å². The smallest absolute Gasteiger partial charge is 0.285 e. The normalized spacial score (nSPS) is 15.2. The van der Waals surface area contributed by atoms with Crippen LogP contribution in [0.5, 0.6) is 0 Å². The highest BCUT2D eigenvalue weighted by Crippen LogP contribution is 2.22. The van der Waals surface area contributed by atoms with Crippen LogP contribution < -0.4 is 5.56 Å². The van der Waals surface area contributed by atoms with Crippen LogP contribution in [0.3, 0.4) is 0 Å². The number of rotatable bonds is 4. The van der Waals surface area contributed by atoms with Gasteiger partial charge < -0.3 is 4.90 Å². The Balaban J connectivity index is 2.24. The summed E-state index contributed by atoms with van der Waals surface area (Å²) in [5.74, 6) is -0.0962. The van der Waals surface area contributed by atoms with Crippen LogP contribution in [-0.2, 0) is 11.3 Å². The third-order valence-electron chi connectivity index (χ3n) is 4.71. The predicted molar refractivity (Wildman–Crippen MR) is 86.9 cm³/mol. The lowest BCUT2D eigenvalue weighted by molar-refractivity contribution is -0.134. The Kier molecular flexibility index (Phi) is 5.54. The maximum atomic E-state index is 12.6. The number of likely N-dealkylation sites (N-methyl/N-ethyl adjacent to an activating group) is 1. The average molecular weight is 316 g/mol. The summed E-state index contributed by atoms with van der Waals surface area (Å²) in [4.78, 5) is 26.8. The van der Waals surface area contributed by atoms with Crippen LogP contribution in [0.4, 0.5) is 0 Å². The van der Waals surface area contributed by atoms with Crippen LogP contribution in [0.25, 0.3) is 0 Å². The fourth-order valence-electron chi connectivity index (χ4n) is 3.26. The van der Waals surface area contributed by atoms with Crippen molar-refractivity contribution in [2.45, 2.75) is 65.5 Å². The van der Waals surface area contributed by atoms with Crippen LogP contribution in [0.15, 0.2) is 4.79 Å². The van der Waals surface area contributed by atoms with Gasteiger partial charge in [0.15, 0.2) is 0 Å². The molecule has 124 valence electrons. The lowest BCUT2D eigenvalue weighted by atomic mass is 9.94. The molecule has 0 radical (unpaired) electrons. The molecule has 1 aromatic heterocycles. The van der Waals surface area contributed by atoms with Crippen molar-refractivity contribution in [1.82, 2.24) is 14.7 Å². The van der Waals surface area contributed by atoms with E-state index in [1.165, 1.54) is 6.42 Å². The summed E-state index contributed by atoms with van der Waals surface area (Å²) in [5, 5.41) is 13.3. The van der Waals surface area contributed by atoms with Crippen molar-refractivity contribution in [3.63, 3.8) is 0 Å². The SMILES string of the molecule is CCN(C(=O)Cn1nc(C)c(C)c(C#N)c1=O)C1CCCCC1. The van der Waals surface area contributed by atoms with E-state index in [0.717, 1.165) is 30.4 Å². The largest absolute Gasteiger partial charge is 0.338 e. The number of hydrogen-bond donors (Lipinski definition) is 0. The molecule has 0 aromatic carbocycles. The molecule has 1 amide bonds. The molecule has 1 aliphatic rings. The highest BCUT2D eigenvalue weighted by Gasteiger charge is 2.25. The summed E-state index contributed by atoms with van der Waals surface area (Å²) in [6.45, 7) is 5.95. The summed E-state index contributed by atoms with van der Waals surface area (Å²) in [6.07, 6.45) is 5.58. The minimum Gasteiger partial charge on any atom is -0.338 e. The van der Waals surface area contributed by atoms with Crippen molar-refractivity contribution in [3.05, 3.63) is 27.2 Å². The van der Waals surface area contributed by atoms with Gasteiger partial charge >= 0.3 is 0 Å². The summed E-state index contributed by atoms with van der Waals surface area (Å²) < 4.78 is 1.13. The second kappa shape index (κ2) is 7.40. The molecule has 23 heavy (non-hydrogen) atoms. The van der Waals surface area contributed by atoms with Crippen molar-refractivity contribution in [2.75, 3.05) is 6.54 Å². The van der Waals surface area contributed by atoms with Gasteiger partial charge in [-0.2, -0.15) is 10.4 Å². The van der Waals surface area contributed by atoms with E-state index in [2.05, 4.69) is 5.10 Å². The van der Waals surface area contributed by atoms with Crippen LogP contribution in [0, 0.1) is 25.2 Å². The number of aryl methyl sites for hydroxylation is 1. The molecule has 0 spiro atoms. The Bertz CT molecular complexity index is 681. The highest BCUT2D eigenvalue weighted by atomic mass is 16.2. The zero-order valence-corrected chi connectivity index (χ0v) is 14.1. The molecule has 1 aliphatic carbocycles. The maximum Gasteiger partial charge on any atom is 0.285 e. The molecule has 0 atom stereocenters. The molecule has 0 bridgehead atoms. The van der Waals surface area contributed by atoms with E-state index in [4.69, 9.17) is 5.26 Å². The first-order valence-corrected chi connectivity index (χ1v) is 8.27. The van der Waals surface area contributed by atoms with Gasteiger partial charge in [0.2, 0.25) is 5.91 Å². The first-order chi connectivity index (χ1) is 11.0. The van der Waals surface area contributed by atoms with Gasteiger partial charge in [0.05, 0.1) is 5.69 Å². The van der Waals surface area contributed by atoms with Gasteiger partial charge in [0.1, 0.15) is 18.2 Å². The predicted octanol–water partition coefficient (Wildman–Crippen LogP) is 1.91. The molecule has 0 N–H and O–H groups in total. The van der Waals surface area contributed by atoms with Crippen molar-refractivity contribution >= 4 is 5.91 Å². The number of carbonyl (C=O) groups is 1. The van der Waals surface area contributed by atoms with Crippen molar-refractivity contribution in [1.29, 1.82) is 5.26 Å². The Morgan fingerprint density at radius 3 is 2.57 bits per heavy atom. The third-order valence-corrected chi connectivity index (χ3v) is 4.71. The van der Waals surface area contributed by atoms with E-state index in [9.17, 15) is 9.59 Å². The molecule has 0 unspecified atom stereocenters. The molecule has 6 nitrogen and oxygen atoms in total. The Labute approximate surface area is 136 Å². The van der Waals surface area contributed by atoms with Gasteiger partial charge in [-0.1, -0.05) is 19.3 Å². The monoisotopic (exact) mass is 316 g/mol. The standard InChI is InChI=1S/C17H24N4O2/c1-4-20(14-8-6-5-7-9-14)16(22)11-21-17(23)15(10-18)12(2)13(3)19-21/h14H,4-9,11H2,1-3H3. The lowest BCUT2D eigenvalue weighted by Gasteiger charge is -2.33. The van der Waals surface area contributed by atoms with Gasteiger partial charge in [-0.25, -0.2) is 4.68 Å².